The first-order valence-corrected chi connectivity index (χ1v) is 15.6. The molecule has 4 aliphatic rings. The van der Waals surface area contributed by atoms with Gasteiger partial charge in [-0.15, -0.1) is 0 Å². The summed E-state index contributed by atoms with van der Waals surface area (Å²) in [4.78, 5) is 49.9. The van der Waals surface area contributed by atoms with Crippen molar-refractivity contribution in [3.05, 3.63) is 65.0 Å². The van der Waals surface area contributed by atoms with Crippen LogP contribution in [0.4, 0.5) is 4.79 Å². The third kappa shape index (κ3) is 5.81. The zero-order chi connectivity index (χ0) is 29.4. The minimum Gasteiger partial charge on any atom is -0.444 e. The zero-order valence-electron chi connectivity index (χ0n) is 25.1. The number of aromatic nitrogens is 1. The normalized spacial score (nSPS) is 25.1. The Bertz CT molecular complexity index is 1300. The second kappa shape index (κ2) is 11.8. The van der Waals surface area contributed by atoms with Gasteiger partial charge in [0.15, 0.2) is 0 Å². The predicted octanol–water partition coefficient (Wildman–Crippen LogP) is 4.58. The number of ether oxygens (including phenoxy) is 1. The number of nitrogens with zero attached hydrogens (tertiary/aromatic N) is 4. The summed E-state index contributed by atoms with van der Waals surface area (Å²) < 4.78 is 5.88. The molecule has 0 radical (unpaired) electrons. The molecule has 224 valence electrons. The van der Waals surface area contributed by atoms with E-state index in [0.29, 0.717) is 36.7 Å². The second-order valence-corrected chi connectivity index (χ2v) is 13.2. The third-order valence-corrected chi connectivity index (χ3v) is 9.17. The summed E-state index contributed by atoms with van der Waals surface area (Å²) in [7, 11) is 0. The van der Waals surface area contributed by atoms with Gasteiger partial charge in [0.05, 0.1) is 28.9 Å². The summed E-state index contributed by atoms with van der Waals surface area (Å²) in [6, 6.07) is 11.9. The number of benzene rings is 1. The van der Waals surface area contributed by atoms with E-state index in [1.165, 1.54) is 10.5 Å². The molecule has 2 aromatic rings. The Morgan fingerprint density at radius 1 is 1.05 bits per heavy atom. The van der Waals surface area contributed by atoms with E-state index in [0.717, 1.165) is 57.3 Å². The van der Waals surface area contributed by atoms with E-state index in [4.69, 9.17) is 9.72 Å². The van der Waals surface area contributed by atoms with Crippen LogP contribution >= 0.6 is 0 Å². The summed E-state index contributed by atoms with van der Waals surface area (Å²) in [5.41, 5.74) is 2.88. The molecule has 9 heteroatoms. The molecule has 3 aliphatic heterocycles. The van der Waals surface area contributed by atoms with Crippen LogP contribution < -0.4 is 5.32 Å². The summed E-state index contributed by atoms with van der Waals surface area (Å²) >= 11 is 0. The third-order valence-electron chi connectivity index (χ3n) is 9.17. The maximum absolute atomic E-state index is 13.4. The number of hydrogen-bond donors (Lipinski definition) is 1. The van der Waals surface area contributed by atoms with Crippen molar-refractivity contribution < 1.29 is 19.1 Å². The number of carbonyl (C=O) groups excluding carboxylic acids is 3. The number of likely N-dealkylation sites (tertiary alicyclic amines) is 1. The Balaban J connectivity index is 1.19. The van der Waals surface area contributed by atoms with Gasteiger partial charge in [0.2, 0.25) is 0 Å². The van der Waals surface area contributed by atoms with E-state index in [9.17, 15) is 14.4 Å². The van der Waals surface area contributed by atoms with Gasteiger partial charge in [0.1, 0.15) is 5.60 Å². The standard InChI is InChI=1S/C33H43N5O4/c1-33(2,3)42-32(41)38-20-23-15-16-26(35-23)28(38)21-36(27-14-8-10-22-11-9-17-34-29(22)27)18-6-7-19-37-30(39)24-12-4-5-13-25(24)31(37)40/h4-5,9,11-13,17,23,26-28,35H,6-8,10,14-16,18-21H2,1-3H3/t23-,26+,27-,28?/m0/s1. The highest BCUT2D eigenvalue weighted by Gasteiger charge is 2.45. The molecular weight excluding hydrogens is 530 g/mol. The van der Waals surface area contributed by atoms with Gasteiger partial charge in [-0.1, -0.05) is 18.2 Å². The van der Waals surface area contributed by atoms with Crippen LogP contribution in [0, 0.1) is 0 Å². The maximum Gasteiger partial charge on any atom is 0.410 e. The summed E-state index contributed by atoms with van der Waals surface area (Å²) in [5, 5.41) is 3.76. The molecule has 0 saturated carbocycles. The van der Waals surface area contributed by atoms with E-state index in [1.54, 1.807) is 24.3 Å². The molecule has 3 amide bonds. The molecule has 2 fully saturated rings. The number of nitrogens with one attached hydrogen (secondary N) is 1. The van der Waals surface area contributed by atoms with Crippen molar-refractivity contribution in [2.24, 2.45) is 0 Å². The van der Waals surface area contributed by atoms with Crippen LogP contribution in [0.3, 0.4) is 0 Å². The van der Waals surface area contributed by atoms with Crippen molar-refractivity contribution in [3.63, 3.8) is 0 Å². The Hall–Kier alpha value is -3.30. The summed E-state index contributed by atoms with van der Waals surface area (Å²) in [6.45, 7) is 8.32. The fraction of sp³-hybridized carbons (Fsp3) is 0.576. The van der Waals surface area contributed by atoms with Crippen LogP contribution in [0.2, 0.25) is 0 Å². The number of aryl methyl sites for hydroxylation is 1. The molecule has 42 heavy (non-hydrogen) atoms. The SMILES string of the molecule is CC(C)(C)OC(=O)N1C[C@@H]2CC[C@@H](N2)C1CN(CCCCN1C(=O)c2ccccc2C1=O)[C@H]1CCCc2cccnc21. The number of hydrogen-bond acceptors (Lipinski definition) is 7. The molecular formula is C33H43N5O4. The number of carbonyl (C=O) groups is 3. The van der Waals surface area contributed by atoms with Crippen LogP contribution in [0.5, 0.6) is 0 Å². The van der Waals surface area contributed by atoms with Gasteiger partial charge < -0.3 is 15.0 Å². The lowest BCUT2D eigenvalue weighted by atomic mass is 9.90. The molecule has 1 unspecified atom stereocenters. The van der Waals surface area contributed by atoms with Gasteiger partial charge in [-0.3, -0.25) is 24.4 Å². The molecule has 0 spiro atoms. The number of unbranched alkanes of at least 4 members (excludes halogenated alkanes) is 1. The molecule has 6 rings (SSSR count). The van der Waals surface area contributed by atoms with E-state index in [-0.39, 0.29) is 36.0 Å². The monoisotopic (exact) mass is 573 g/mol. The van der Waals surface area contributed by atoms with Crippen LogP contribution in [-0.2, 0) is 11.2 Å². The first-order valence-electron chi connectivity index (χ1n) is 15.6. The van der Waals surface area contributed by atoms with E-state index in [2.05, 4.69) is 16.3 Å². The molecule has 2 bridgehead atoms. The van der Waals surface area contributed by atoms with Crippen molar-refractivity contribution >= 4 is 17.9 Å². The highest BCUT2D eigenvalue weighted by Crippen LogP contribution is 2.35. The predicted molar refractivity (Wildman–Crippen MR) is 159 cm³/mol. The molecule has 1 N–H and O–H groups in total. The summed E-state index contributed by atoms with van der Waals surface area (Å²) in [6.07, 6.45) is 8.44. The largest absolute Gasteiger partial charge is 0.444 e. The molecule has 1 aromatic heterocycles. The molecule has 2 saturated heterocycles. The lowest BCUT2D eigenvalue weighted by molar-refractivity contribution is -0.00361. The Morgan fingerprint density at radius 3 is 2.55 bits per heavy atom. The van der Waals surface area contributed by atoms with E-state index >= 15 is 0 Å². The average Bonchev–Trinajstić information content (AvgIpc) is 3.47. The lowest BCUT2D eigenvalue weighted by Crippen LogP contribution is -2.63. The van der Waals surface area contributed by atoms with Gasteiger partial charge in [-0.25, -0.2) is 4.79 Å². The number of fused-ring (bicyclic) bond motifs is 4. The van der Waals surface area contributed by atoms with Crippen molar-refractivity contribution in [2.45, 2.75) is 95.5 Å². The minimum atomic E-state index is -0.554. The quantitative estimate of drug-likeness (QED) is 0.365. The van der Waals surface area contributed by atoms with Crippen molar-refractivity contribution in [1.82, 2.24) is 25.0 Å². The van der Waals surface area contributed by atoms with Gasteiger partial charge in [0, 0.05) is 37.9 Å². The van der Waals surface area contributed by atoms with Crippen molar-refractivity contribution in [3.8, 4) is 0 Å². The molecule has 1 aliphatic carbocycles. The van der Waals surface area contributed by atoms with Crippen LogP contribution in [0.1, 0.15) is 97.3 Å². The Labute approximate surface area is 248 Å². The smallest absolute Gasteiger partial charge is 0.410 e. The Morgan fingerprint density at radius 2 is 1.81 bits per heavy atom. The van der Waals surface area contributed by atoms with Gasteiger partial charge in [-0.05, 0) is 96.0 Å². The van der Waals surface area contributed by atoms with Crippen LogP contribution in [0.15, 0.2) is 42.6 Å². The van der Waals surface area contributed by atoms with Crippen molar-refractivity contribution in [1.29, 1.82) is 0 Å². The summed E-state index contributed by atoms with van der Waals surface area (Å²) in [5.74, 6) is -0.398. The van der Waals surface area contributed by atoms with E-state index in [1.807, 2.05) is 37.9 Å². The lowest BCUT2D eigenvalue weighted by Gasteiger charge is -2.45. The number of imide groups is 1. The molecule has 9 nitrogen and oxygen atoms in total. The van der Waals surface area contributed by atoms with Gasteiger partial charge in [0.25, 0.3) is 11.8 Å². The molecule has 4 atom stereocenters. The number of rotatable bonds is 8. The average molecular weight is 574 g/mol. The fourth-order valence-electron chi connectivity index (χ4n) is 7.23. The van der Waals surface area contributed by atoms with Crippen LogP contribution in [0.25, 0.3) is 0 Å². The maximum atomic E-state index is 13.4. The Kier molecular flexibility index (Phi) is 8.07. The number of piperazine rings is 1. The zero-order valence-corrected chi connectivity index (χ0v) is 25.1. The first kappa shape index (κ1) is 28.8. The highest BCUT2D eigenvalue weighted by molar-refractivity contribution is 6.21. The van der Waals surface area contributed by atoms with Crippen molar-refractivity contribution in [2.75, 3.05) is 26.2 Å². The van der Waals surface area contributed by atoms with Gasteiger partial charge in [-0.2, -0.15) is 0 Å². The highest BCUT2D eigenvalue weighted by atomic mass is 16.6. The fourth-order valence-corrected chi connectivity index (χ4v) is 7.23. The number of amides is 3. The van der Waals surface area contributed by atoms with Crippen LogP contribution in [-0.4, -0.2) is 87.5 Å². The molecule has 4 heterocycles. The minimum absolute atomic E-state index is 0.0103. The van der Waals surface area contributed by atoms with Gasteiger partial charge >= 0.3 is 6.09 Å². The number of pyridine rings is 1. The topological polar surface area (TPSA) is 95.1 Å². The second-order valence-electron chi connectivity index (χ2n) is 13.2. The molecule has 1 aromatic carbocycles. The first-order chi connectivity index (χ1) is 20.2. The van der Waals surface area contributed by atoms with E-state index < -0.39 is 5.60 Å².